The molecule has 0 unspecified atom stereocenters. The predicted octanol–water partition coefficient (Wildman–Crippen LogP) is 2.10. The highest BCUT2D eigenvalue weighted by molar-refractivity contribution is 5.70. The van der Waals surface area contributed by atoms with E-state index in [2.05, 4.69) is 0 Å². The van der Waals surface area contributed by atoms with Crippen LogP contribution in [0, 0.1) is 23.2 Å². The average Bonchev–Trinajstić information content (AvgIpc) is 2.47. The van der Waals surface area contributed by atoms with Crippen LogP contribution in [0.2, 0.25) is 0 Å². The van der Waals surface area contributed by atoms with Crippen LogP contribution in [0.15, 0.2) is 0 Å². The van der Waals surface area contributed by atoms with Gasteiger partial charge in [0.05, 0.1) is 11.8 Å². The van der Waals surface area contributed by atoms with Gasteiger partial charge < -0.3 is 15.9 Å². The van der Waals surface area contributed by atoms with Crippen LogP contribution in [-0.4, -0.2) is 28.7 Å². The Kier molecular flexibility index (Phi) is 4.68. The van der Waals surface area contributed by atoms with Crippen molar-refractivity contribution in [1.82, 2.24) is 0 Å². The van der Waals surface area contributed by atoms with E-state index < -0.39 is 11.9 Å². The van der Waals surface area contributed by atoms with Gasteiger partial charge in [-0.05, 0) is 69.2 Å². The molecule has 2 aliphatic rings. The third-order valence-corrected chi connectivity index (χ3v) is 5.68. The average molecular weight is 283 g/mol. The van der Waals surface area contributed by atoms with E-state index in [1.165, 1.54) is 0 Å². The van der Waals surface area contributed by atoms with Crippen molar-refractivity contribution in [2.75, 3.05) is 6.54 Å². The van der Waals surface area contributed by atoms with Crippen molar-refractivity contribution in [3.8, 4) is 0 Å². The van der Waals surface area contributed by atoms with Crippen molar-refractivity contribution >= 4 is 11.9 Å². The number of rotatable bonds is 4. The number of aliphatic carboxylic acids is 2. The smallest absolute Gasteiger partial charge is 0.306 e. The second kappa shape index (κ2) is 6.12. The van der Waals surface area contributed by atoms with Crippen molar-refractivity contribution in [1.29, 1.82) is 0 Å². The first-order chi connectivity index (χ1) is 9.48. The summed E-state index contributed by atoms with van der Waals surface area (Å²) in [7, 11) is 0. The highest BCUT2D eigenvalue weighted by Gasteiger charge is 2.43. The fourth-order valence-electron chi connectivity index (χ4n) is 4.17. The van der Waals surface area contributed by atoms with Crippen molar-refractivity contribution in [2.45, 2.75) is 51.4 Å². The first-order valence-electron chi connectivity index (χ1n) is 7.64. The summed E-state index contributed by atoms with van der Waals surface area (Å²) < 4.78 is 0. The van der Waals surface area contributed by atoms with E-state index >= 15 is 0 Å². The summed E-state index contributed by atoms with van der Waals surface area (Å²) >= 11 is 0. The molecule has 0 radical (unpaired) electrons. The molecular weight excluding hydrogens is 258 g/mol. The van der Waals surface area contributed by atoms with Gasteiger partial charge in [-0.25, -0.2) is 0 Å². The Balaban J connectivity index is 1.96. The Morgan fingerprint density at radius 2 is 1.35 bits per heavy atom. The summed E-state index contributed by atoms with van der Waals surface area (Å²) in [6.45, 7) is 0.599. The molecule has 2 rings (SSSR count). The van der Waals surface area contributed by atoms with Crippen LogP contribution in [-0.2, 0) is 9.59 Å². The summed E-state index contributed by atoms with van der Waals surface area (Å²) in [5.74, 6) is -1.32. The molecule has 0 spiro atoms. The van der Waals surface area contributed by atoms with Gasteiger partial charge in [-0.1, -0.05) is 0 Å². The highest BCUT2D eigenvalue weighted by atomic mass is 16.4. The van der Waals surface area contributed by atoms with Crippen LogP contribution in [0.1, 0.15) is 51.4 Å². The van der Waals surface area contributed by atoms with Crippen molar-refractivity contribution in [3.05, 3.63) is 0 Å². The van der Waals surface area contributed by atoms with Crippen LogP contribution in [0.3, 0.4) is 0 Å². The topological polar surface area (TPSA) is 101 Å². The Labute approximate surface area is 119 Å². The van der Waals surface area contributed by atoms with E-state index in [4.69, 9.17) is 15.9 Å². The maximum Gasteiger partial charge on any atom is 0.306 e. The van der Waals surface area contributed by atoms with Gasteiger partial charge in [-0.3, -0.25) is 9.59 Å². The maximum atomic E-state index is 11.1. The molecule has 0 atom stereocenters. The molecule has 0 aromatic heterocycles. The van der Waals surface area contributed by atoms with Gasteiger partial charge in [0.25, 0.3) is 0 Å². The summed E-state index contributed by atoms with van der Waals surface area (Å²) in [6.07, 6.45) is 6.51. The van der Waals surface area contributed by atoms with Crippen molar-refractivity contribution in [3.63, 3.8) is 0 Å². The second-order valence-electron chi connectivity index (χ2n) is 6.57. The maximum absolute atomic E-state index is 11.1. The largest absolute Gasteiger partial charge is 0.481 e. The molecule has 4 N–H and O–H groups in total. The van der Waals surface area contributed by atoms with E-state index in [1.54, 1.807) is 0 Å². The molecule has 20 heavy (non-hydrogen) atoms. The highest BCUT2D eigenvalue weighted by Crippen LogP contribution is 2.49. The van der Waals surface area contributed by atoms with Gasteiger partial charge in [0.2, 0.25) is 0 Å². The lowest BCUT2D eigenvalue weighted by Gasteiger charge is -2.46. The minimum Gasteiger partial charge on any atom is -0.481 e. The third-order valence-electron chi connectivity index (χ3n) is 5.68. The minimum atomic E-state index is -0.690. The molecule has 114 valence electrons. The van der Waals surface area contributed by atoms with Gasteiger partial charge in [0.15, 0.2) is 0 Å². The number of carbonyl (C=O) groups is 2. The first-order valence-corrected chi connectivity index (χ1v) is 7.64. The lowest BCUT2D eigenvalue weighted by Crippen LogP contribution is -2.44. The van der Waals surface area contributed by atoms with Crippen LogP contribution in [0.4, 0.5) is 0 Å². The molecule has 0 bridgehead atoms. The van der Waals surface area contributed by atoms with Crippen LogP contribution < -0.4 is 5.73 Å². The summed E-state index contributed by atoms with van der Waals surface area (Å²) in [4.78, 5) is 22.1. The van der Waals surface area contributed by atoms with E-state index in [9.17, 15) is 9.59 Å². The number of hydrogen-bond acceptors (Lipinski definition) is 3. The molecular formula is C15H25NO4. The van der Waals surface area contributed by atoms with Gasteiger partial charge >= 0.3 is 11.9 Å². The Bertz CT molecular complexity index is 366. The SMILES string of the molecule is NCC1(C2CCC(C(=O)O)CC2)CCC(C(=O)O)CC1. The lowest BCUT2D eigenvalue weighted by molar-refractivity contribution is -0.146. The van der Waals surface area contributed by atoms with Crippen molar-refractivity contribution in [2.24, 2.45) is 28.9 Å². The fraction of sp³-hybridized carbons (Fsp3) is 0.867. The Morgan fingerprint density at radius 1 is 0.900 bits per heavy atom. The molecule has 0 aromatic rings. The second-order valence-corrected chi connectivity index (χ2v) is 6.57. The fourth-order valence-corrected chi connectivity index (χ4v) is 4.17. The first kappa shape index (κ1) is 15.3. The molecule has 2 aliphatic carbocycles. The summed E-state index contributed by atoms with van der Waals surface area (Å²) in [5.41, 5.74) is 6.07. The summed E-state index contributed by atoms with van der Waals surface area (Å²) in [6, 6.07) is 0. The number of carboxylic acid groups (broad SMARTS) is 2. The zero-order valence-electron chi connectivity index (χ0n) is 11.9. The Hall–Kier alpha value is -1.10. The molecule has 0 amide bonds. The van der Waals surface area contributed by atoms with Gasteiger partial charge in [-0.15, -0.1) is 0 Å². The van der Waals surface area contributed by atoms with Gasteiger partial charge in [-0.2, -0.15) is 0 Å². The molecule has 2 fully saturated rings. The van der Waals surface area contributed by atoms with Crippen LogP contribution in [0.25, 0.3) is 0 Å². The molecule has 2 saturated carbocycles. The predicted molar refractivity (Wildman–Crippen MR) is 74.2 cm³/mol. The van der Waals surface area contributed by atoms with Gasteiger partial charge in [0.1, 0.15) is 0 Å². The molecule has 5 nitrogen and oxygen atoms in total. The zero-order valence-corrected chi connectivity index (χ0v) is 11.9. The lowest BCUT2D eigenvalue weighted by atomic mass is 9.59. The zero-order chi connectivity index (χ0) is 14.8. The summed E-state index contributed by atoms with van der Waals surface area (Å²) in [5, 5.41) is 18.2. The van der Waals surface area contributed by atoms with E-state index in [0.717, 1.165) is 38.5 Å². The minimum absolute atomic E-state index is 0.0510. The van der Waals surface area contributed by atoms with E-state index in [0.29, 0.717) is 25.3 Å². The quantitative estimate of drug-likeness (QED) is 0.733. The van der Waals surface area contributed by atoms with E-state index in [-0.39, 0.29) is 17.3 Å². The number of hydrogen-bond donors (Lipinski definition) is 3. The number of carboxylic acids is 2. The number of nitrogens with two attached hydrogens (primary N) is 1. The van der Waals surface area contributed by atoms with E-state index in [1.807, 2.05) is 0 Å². The van der Waals surface area contributed by atoms with Crippen LogP contribution >= 0.6 is 0 Å². The standard InChI is InChI=1S/C15H25NO4/c16-9-15(7-5-11(6-8-15)14(19)20)12-3-1-10(2-4-12)13(17)18/h10-12H,1-9,16H2,(H,17,18)(H,19,20). The normalized spacial score (nSPS) is 38.4. The molecule has 0 saturated heterocycles. The van der Waals surface area contributed by atoms with Gasteiger partial charge in [0, 0.05) is 0 Å². The monoisotopic (exact) mass is 283 g/mol. The van der Waals surface area contributed by atoms with Crippen molar-refractivity contribution < 1.29 is 19.8 Å². The third kappa shape index (κ3) is 2.97. The van der Waals surface area contributed by atoms with Crippen LogP contribution in [0.5, 0.6) is 0 Å². The molecule has 0 aliphatic heterocycles. The molecule has 0 heterocycles. The molecule has 0 aromatic carbocycles. The Morgan fingerprint density at radius 3 is 1.75 bits per heavy atom. The molecule has 5 heteroatoms.